The molecule has 0 aliphatic heterocycles. The number of hydrogen-bond donors (Lipinski definition) is 1. The number of benzene rings is 1. The Balaban J connectivity index is 2.49. The van der Waals surface area contributed by atoms with E-state index in [0.717, 1.165) is 25.3 Å². The zero-order valence-corrected chi connectivity index (χ0v) is 15.1. The number of nitrogens with one attached hydrogen (secondary N) is 1. The molecule has 0 fully saturated rings. The van der Waals surface area contributed by atoms with E-state index >= 15 is 0 Å². The predicted octanol–water partition coefficient (Wildman–Crippen LogP) is 3.83. The second-order valence-electron chi connectivity index (χ2n) is 6.98. The first-order chi connectivity index (χ1) is 10.8. The summed E-state index contributed by atoms with van der Waals surface area (Å²) < 4.78 is 0. The number of rotatable bonds is 9. The van der Waals surface area contributed by atoms with E-state index in [1.165, 1.54) is 6.92 Å². The SMILES string of the molecule is CC(=O)c1ccc(NC(=O)CCN(CC(C)C)CC(C)C)cc1. The largest absolute Gasteiger partial charge is 0.326 e. The Kier molecular flexibility index (Phi) is 7.96. The lowest BCUT2D eigenvalue weighted by molar-refractivity contribution is -0.116. The van der Waals surface area contributed by atoms with Gasteiger partial charge in [0.15, 0.2) is 5.78 Å². The topological polar surface area (TPSA) is 49.4 Å². The first-order valence-electron chi connectivity index (χ1n) is 8.41. The van der Waals surface area contributed by atoms with E-state index in [9.17, 15) is 9.59 Å². The van der Waals surface area contributed by atoms with Gasteiger partial charge < -0.3 is 10.2 Å². The summed E-state index contributed by atoms with van der Waals surface area (Å²) >= 11 is 0. The van der Waals surface area contributed by atoms with Gasteiger partial charge in [0.1, 0.15) is 0 Å². The standard InChI is InChI=1S/C19H30N2O2/c1-14(2)12-21(13-15(3)4)11-10-19(23)20-18-8-6-17(7-9-18)16(5)22/h6-9,14-15H,10-13H2,1-5H3,(H,20,23). The van der Waals surface area contributed by atoms with Crippen LogP contribution in [0.15, 0.2) is 24.3 Å². The first kappa shape index (κ1) is 19.4. The van der Waals surface area contributed by atoms with Crippen LogP contribution in [0.3, 0.4) is 0 Å². The van der Waals surface area contributed by atoms with Crippen molar-refractivity contribution in [3.05, 3.63) is 29.8 Å². The number of anilines is 1. The molecule has 0 aliphatic carbocycles. The maximum atomic E-state index is 12.1. The zero-order valence-electron chi connectivity index (χ0n) is 15.1. The minimum atomic E-state index is 0.0121. The molecule has 4 nitrogen and oxygen atoms in total. The molecule has 0 unspecified atom stereocenters. The van der Waals surface area contributed by atoms with Crippen molar-refractivity contribution in [3.8, 4) is 0 Å². The molecule has 128 valence electrons. The van der Waals surface area contributed by atoms with Gasteiger partial charge in [0.25, 0.3) is 0 Å². The molecular formula is C19H30N2O2. The van der Waals surface area contributed by atoms with Crippen LogP contribution in [0.25, 0.3) is 0 Å². The fraction of sp³-hybridized carbons (Fsp3) is 0.579. The summed E-state index contributed by atoms with van der Waals surface area (Å²) in [5.41, 5.74) is 1.39. The molecule has 0 saturated carbocycles. The van der Waals surface area contributed by atoms with E-state index in [2.05, 4.69) is 37.9 Å². The number of carbonyl (C=O) groups is 2. The molecule has 0 heterocycles. The number of hydrogen-bond acceptors (Lipinski definition) is 3. The zero-order chi connectivity index (χ0) is 17.4. The molecule has 1 aromatic carbocycles. The van der Waals surface area contributed by atoms with E-state index in [1.807, 2.05) is 0 Å². The molecule has 1 amide bonds. The van der Waals surface area contributed by atoms with Crippen LogP contribution in [-0.2, 0) is 4.79 Å². The summed E-state index contributed by atoms with van der Waals surface area (Å²) in [7, 11) is 0. The molecule has 23 heavy (non-hydrogen) atoms. The third-order valence-corrected chi connectivity index (χ3v) is 3.48. The van der Waals surface area contributed by atoms with Crippen molar-refractivity contribution in [2.24, 2.45) is 11.8 Å². The molecule has 1 N–H and O–H groups in total. The van der Waals surface area contributed by atoms with Crippen molar-refractivity contribution in [2.45, 2.75) is 41.0 Å². The average molecular weight is 318 g/mol. The second-order valence-corrected chi connectivity index (χ2v) is 6.98. The summed E-state index contributed by atoms with van der Waals surface area (Å²) in [5.74, 6) is 1.23. The highest BCUT2D eigenvalue weighted by Gasteiger charge is 2.12. The number of nitrogens with zero attached hydrogens (tertiary/aromatic N) is 1. The van der Waals surface area contributed by atoms with Gasteiger partial charge >= 0.3 is 0 Å². The molecule has 0 aromatic heterocycles. The molecule has 1 aromatic rings. The Labute approximate surface area is 140 Å². The lowest BCUT2D eigenvalue weighted by Crippen LogP contribution is -2.34. The Morgan fingerprint density at radius 1 is 1.00 bits per heavy atom. The van der Waals surface area contributed by atoms with Crippen LogP contribution in [0.2, 0.25) is 0 Å². The second kappa shape index (κ2) is 9.46. The molecule has 0 aliphatic rings. The minimum absolute atomic E-state index is 0.0121. The molecule has 0 spiro atoms. The van der Waals surface area contributed by atoms with Crippen LogP contribution in [0, 0.1) is 11.8 Å². The maximum absolute atomic E-state index is 12.1. The number of ketones is 1. The maximum Gasteiger partial charge on any atom is 0.225 e. The van der Waals surface area contributed by atoms with Gasteiger partial charge in [-0.2, -0.15) is 0 Å². The van der Waals surface area contributed by atoms with Gasteiger partial charge in [0, 0.05) is 37.3 Å². The summed E-state index contributed by atoms with van der Waals surface area (Å²) in [6.07, 6.45) is 0.480. The van der Waals surface area contributed by atoms with Gasteiger partial charge in [0.2, 0.25) is 5.91 Å². The Morgan fingerprint density at radius 3 is 1.96 bits per heavy atom. The Hall–Kier alpha value is -1.68. The van der Waals surface area contributed by atoms with E-state index in [0.29, 0.717) is 23.8 Å². The molecule has 1 rings (SSSR count). The van der Waals surface area contributed by atoms with Gasteiger partial charge in [-0.1, -0.05) is 27.7 Å². The van der Waals surface area contributed by atoms with Crippen molar-refractivity contribution in [1.82, 2.24) is 4.90 Å². The summed E-state index contributed by atoms with van der Waals surface area (Å²) in [5, 5.41) is 2.89. The summed E-state index contributed by atoms with van der Waals surface area (Å²) in [6.45, 7) is 13.1. The van der Waals surface area contributed by atoms with Gasteiger partial charge in [-0.3, -0.25) is 9.59 Å². The fourth-order valence-corrected chi connectivity index (χ4v) is 2.56. The number of Topliss-reactive ketones (excluding diaryl/α,β-unsaturated/α-hetero) is 1. The normalized spacial score (nSPS) is 11.3. The predicted molar refractivity (Wildman–Crippen MR) is 95.8 cm³/mol. The van der Waals surface area contributed by atoms with Crippen molar-refractivity contribution in [3.63, 3.8) is 0 Å². The van der Waals surface area contributed by atoms with Crippen molar-refractivity contribution < 1.29 is 9.59 Å². The quantitative estimate of drug-likeness (QED) is 0.704. The Bertz CT molecular complexity index is 497. The van der Waals surface area contributed by atoms with E-state index in [-0.39, 0.29) is 11.7 Å². The van der Waals surface area contributed by atoms with Crippen LogP contribution >= 0.6 is 0 Å². The van der Waals surface area contributed by atoms with Crippen LogP contribution in [0.4, 0.5) is 5.69 Å². The Morgan fingerprint density at radius 2 is 1.52 bits per heavy atom. The lowest BCUT2D eigenvalue weighted by Gasteiger charge is -2.25. The summed E-state index contributed by atoms with van der Waals surface area (Å²) in [4.78, 5) is 25.7. The third kappa shape index (κ3) is 7.93. The summed E-state index contributed by atoms with van der Waals surface area (Å²) in [6, 6.07) is 7.02. The minimum Gasteiger partial charge on any atom is -0.326 e. The van der Waals surface area contributed by atoms with Crippen LogP contribution < -0.4 is 5.32 Å². The van der Waals surface area contributed by atoms with E-state index in [4.69, 9.17) is 0 Å². The van der Waals surface area contributed by atoms with E-state index < -0.39 is 0 Å². The molecular weight excluding hydrogens is 288 g/mol. The van der Waals surface area contributed by atoms with Gasteiger partial charge in [-0.15, -0.1) is 0 Å². The molecule has 0 bridgehead atoms. The van der Waals surface area contributed by atoms with Crippen LogP contribution in [0.1, 0.15) is 51.4 Å². The smallest absolute Gasteiger partial charge is 0.225 e. The van der Waals surface area contributed by atoms with Crippen molar-refractivity contribution in [1.29, 1.82) is 0 Å². The number of carbonyl (C=O) groups excluding carboxylic acids is 2. The highest BCUT2D eigenvalue weighted by molar-refractivity contribution is 5.95. The first-order valence-corrected chi connectivity index (χ1v) is 8.41. The van der Waals surface area contributed by atoms with Crippen LogP contribution in [-0.4, -0.2) is 36.2 Å². The fourth-order valence-electron chi connectivity index (χ4n) is 2.56. The van der Waals surface area contributed by atoms with Gasteiger partial charge in [-0.05, 0) is 43.0 Å². The highest BCUT2D eigenvalue weighted by Crippen LogP contribution is 2.11. The van der Waals surface area contributed by atoms with Crippen molar-refractivity contribution >= 4 is 17.4 Å². The lowest BCUT2D eigenvalue weighted by atomic mass is 10.1. The highest BCUT2D eigenvalue weighted by atomic mass is 16.1. The molecule has 0 radical (unpaired) electrons. The molecule has 0 saturated heterocycles. The van der Waals surface area contributed by atoms with Crippen molar-refractivity contribution in [2.75, 3.05) is 25.0 Å². The molecule has 0 atom stereocenters. The van der Waals surface area contributed by atoms with Crippen LogP contribution in [0.5, 0.6) is 0 Å². The van der Waals surface area contributed by atoms with Gasteiger partial charge in [0.05, 0.1) is 0 Å². The van der Waals surface area contributed by atoms with Gasteiger partial charge in [-0.25, -0.2) is 0 Å². The van der Waals surface area contributed by atoms with E-state index in [1.54, 1.807) is 24.3 Å². The average Bonchev–Trinajstić information content (AvgIpc) is 2.44. The monoisotopic (exact) mass is 318 g/mol. The third-order valence-electron chi connectivity index (χ3n) is 3.48. The number of amides is 1. The molecule has 4 heteroatoms.